The van der Waals surface area contributed by atoms with Gasteiger partial charge in [-0.05, 0) is 141 Å². The van der Waals surface area contributed by atoms with E-state index in [4.69, 9.17) is 5.73 Å². The van der Waals surface area contributed by atoms with Crippen LogP contribution in [0.1, 0.15) is 127 Å². The summed E-state index contributed by atoms with van der Waals surface area (Å²) in [6.07, 6.45) is 15.3. The molecule has 0 radical (unpaired) electrons. The van der Waals surface area contributed by atoms with Crippen molar-refractivity contribution in [2.75, 3.05) is 0 Å². The average Bonchev–Trinajstić information content (AvgIpc) is 3.29. The zero-order chi connectivity index (χ0) is 34.9. The third-order valence-electron chi connectivity index (χ3n) is 12.9. The lowest BCUT2D eigenvalue weighted by atomic mass is 9.44. The topological polar surface area (TPSA) is 26.0 Å². The predicted octanol–water partition coefficient (Wildman–Crippen LogP) is 12.3. The Morgan fingerprint density at radius 2 is 1.70 bits per heavy atom. The second-order valence-corrected chi connectivity index (χ2v) is 16.4. The molecule has 2 aromatic rings. The molecule has 0 bridgehead atoms. The van der Waals surface area contributed by atoms with Crippen LogP contribution < -0.4 is 5.73 Å². The van der Waals surface area contributed by atoms with Gasteiger partial charge in [-0.25, -0.2) is 0 Å². The third-order valence-corrected chi connectivity index (χ3v) is 12.9. The summed E-state index contributed by atoms with van der Waals surface area (Å²) in [5.74, 6) is 3.11. The molecule has 4 aliphatic rings. The number of nitrogens with two attached hydrogens (primary N) is 1. The monoisotopic (exact) mass is 634 g/mol. The summed E-state index contributed by atoms with van der Waals surface area (Å²) in [4.78, 5) is 0. The normalized spacial score (nSPS) is 32.2. The first-order chi connectivity index (χ1) is 22.1. The van der Waals surface area contributed by atoms with E-state index in [1.54, 1.807) is 5.57 Å². The van der Waals surface area contributed by atoms with Crippen LogP contribution in [0.15, 0.2) is 84.5 Å². The van der Waals surface area contributed by atoms with Gasteiger partial charge >= 0.3 is 0 Å². The fraction of sp³-hybridized carbons (Fsp3) is 0.565. The van der Waals surface area contributed by atoms with Gasteiger partial charge < -0.3 is 5.73 Å². The molecule has 47 heavy (non-hydrogen) atoms. The van der Waals surface area contributed by atoms with Crippen LogP contribution in [0.2, 0.25) is 0 Å². The van der Waals surface area contributed by atoms with E-state index in [-0.39, 0.29) is 11.0 Å². The van der Waals surface area contributed by atoms with Gasteiger partial charge in [0, 0.05) is 11.0 Å². The molecule has 0 amide bonds. The fourth-order valence-electron chi connectivity index (χ4n) is 11.1. The second-order valence-electron chi connectivity index (χ2n) is 16.4. The molecule has 6 rings (SSSR count). The summed E-state index contributed by atoms with van der Waals surface area (Å²) in [7, 11) is 0. The van der Waals surface area contributed by atoms with Gasteiger partial charge in [0.25, 0.3) is 0 Å². The van der Waals surface area contributed by atoms with Crippen molar-refractivity contribution in [2.24, 2.45) is 40.2 Å². The van der Waals surface area contributed by atoms with E-state index >= 15 is 0 Å². The van der Waals surface area contributed by atoms with Crippen molar-refractivity contribution < 1.29 is 0 Å². The van der Waals surface area contributed by atoms with Crippen LogP contribution in [-0.4, -0.2) is 5.54 Å². The van der Waals surface area contributed by atoms with Crippen LogP contribution in [-0.2, 0) is 12.8 Å². The van der Waals surface area contributed by atoms with Gasteiger partial charge in [0.1, 0.15) is 0 Å². The number of aryl methyl sites for hydroxylation is 4. The van der Waals surface area contributed by atoms with E-state index in [2.05, 4.69) is 130 Å². The molecule has 3 saturated carbocycles. The minimum Gasteiger partial charge on any atom is -0.325 e. The van der Waals surface area contributed by atoms with Crippen LogP contribution in [0.25, 0.3) is 0 Å². The quantitative estimate of drug-likeness (QED) is 0.326. The Hall–Kier alpha value is -2.64. The highest BCUT2D eigenvalue weighted by Gasteiger charge is 2.65. The van der Waals surface area contributed by atoms with Crippen LogP contribution in [0, 0.1) is 55.3 Å². The van der Waals surface area contributed by atoms with E-state index in [1.807, 2.05) is 13.8 Å². The maximum Gasteiger partial charge on any atom is 0.0231 e. The highest BCUT2D eigenvalue weighted by atomic mass is 14.9. The van der Waals surface area contributed by atoms with Crippen LogP contribution >= 0.6 is 0 Å². The Labute approximate surface area is 289 Å². The number of allylic oxidation sites excluding steroid dienone is 6. The Morgan fingerprint density at radius 1 is 1.00 bits per heavy atom. The predicted molar refractivity (Wildman–Crippen MR) is 207 cm³/mol. The molecule has 2 N–H and O–H groups in total. The van der Waals surface area contributed by atoms with Gasteiger partial charge in [0.2, 0.25) is 0 Å². The van der Waals surface area contributed by atoms with E-state index in [1.165, 1.54) is 58.2 Å². The second kappa shape index (κ2) is 14.5. The van der Waals surface area contributed by atoms with Gasteiger partial charge in [0.15, 0.2) is 0 Å². The molecular weight excluding hydrogens is 567 g/mol. The largest absolute Gasteiger partial charge is 0.325 e. The summed E-state index contributed by atoms with van der Waals surface area (Å²) < 4.78 is 0. The molecule has 2 aromatic carbocycles. The Kier molecular flexibility index (Phi) is 11.4. The molecule has 3 fully saturated rings. The molecule has 0 spiro atoms. The first-order valence-electron chi connectivity index (χ1n) is 18.8. The Morgan fingerprint density at radius 3 is 2.34 bits per heavy atom. The lowest BCUT2D eigenvalue weighted by Crippen LogP contribution is -2.66. The van der Waals surface area contributed by atoms with Crippen molar-refractivity contribution in [3.63, 3.8) is 0 Å². The molecule has 0 aliphatic heterocycles. The summed E-state index contributed by atoms with van der Waals surface area (Å²) in [6.45, 7) is 33.4. The minimum atomic E-state index is -0.0411. The maximum atomic E-state index is 7.37. The standard InChI is InChI=1S/C24H35N.C20H26.C2H6/c1-15(2)21-17(4)14-20-23(21,6)11-9-19-22(5)10-7-16(3)13-18(22)8-12-24(19,20)25;1-14(2)20-16(4)9-11-19(17(20)5)12-10-18-8-6-7-15(3)13-18;1-2/h7,10,13,17,19-21H,1,3,8-9,11-12,14,25H2,2,4-6H3;6-9,11,13-14H,10,12H2,1-5H3;1-2H3. The third kappa shape index (κ3) is 6.94. The van der Waals surface area contributed by atoms with Gasteiger partial charge in [-0.1, -0.05) is 133 Å². The maximum absolute atomic E-state index is 7.37. The first kappa shape index (κ1) is 37.2. The van der Waals surface area contributed by atoms with E-state index in [0.717, 1.165) is 31.3 Å². The van der Waals surface area contributed by atoms with Gasteiger partial charge in [-0.2, -0.15) is 0 Å². The van der Waals surface area contributed by atoms with Crippen molar-refractivity contribution in [3.05, 3.63) is 118 Å². The zero-order valence-corrected chi connectivity index (χ0v) is 32.0. The summed E-state index contributed by atoms with van der Waals surface area (Å²) >= 11 is 0. The molecular formula is C46H67N. The molecule has 1 nitrogen and oxygen atoms in total. The fourth-order valence-corrected chi connectivity index (χ4v) is 11.1. The number of hydrogen-bond acceptors (Lipinski definition) is 1. The molecule has 4 aliphatic carbocycles. The smallest absolute Gasteiger partial charge is 0.0231 e. The molecule has 7 unspecified atom stereocenters. The molecule has 0 heterocycles. The highest BCUT2D eigenvalue weighted by molar-refractivity contribution is 5.45. The van der Waals surface area contributed by atoms with E-state index < -0.39 is 0 Å². The minimum absolute atomic E-state index is 0.0411. The highest BCUT2D eigenvalue weighted by Crippen LogP contribution is 2.68. The Bertz CT molecular complexity index is 1520. The zero-order valence-electron chi connectivity index (χ0n) is 32.0. The average molecular weight is 634 g/mol. The van der Waals surface area contributed by atoms with Gasteiger partial charge in [-0.15, -0.1) is 0 Å². The molecule has 256 valence electrons. The SMILES string of the molecule is C=C1C=CC2(C)C(=C1)CCC1(N)C2CCC2(C)C(C(=C)C)C(C)CC21.CC.Cc1cccc(CCc2ccc(C)c(C(C)C)c2C)c1. The van der Waals surface area contributed by atoms with Crippen LogP contribution in [0.5, 0.6) is 0 Å². The molecule has 0 aromatic heterocycles. The van der Waals surface area contributed by atoms with E-state index in [9.17, 15) is 0 Å². The molecule has 1 heteroatoms. The van der Waals surface area contributed by atoms with Crippen molar-refractivity contribution in [3.8, 4) is 0 Å². The number of fused-ring (bicyclic) bond motifs is 5. The van der Waals surface area contributed by atoms with Gasteiger partial charge in [-0.3, -0.25) is 0 Å². The van der Waals surface area contributed by atoms with Crippen molar-refractivity contribution in [1.29, 1.82) is 0 Å². The summed E-state index contributed by atoms with van der Waals surface area (Å²) in [6, 6.07) is 13.5. The lowest BCUT2D eigenvalue weighted by Gasteiger charge is -2.62. The summed E-state index contributed by atoms with van der Waals surface area (Å²) in [5.41, 5.74) is 20.6. The van der Waals surface area contributed by atoms with Crippen LogP contribution in [0.4, 0.5) is 0 Å². The van der Waals surface area contributed by atoms with Crippen LogP contribution in [0.3, 0.4) is 0 Å². The van der Waals surface area contributed by atoms with Crippen molar-refractivity contribution in [2.45, 2.75) is 133 Å². The number of rotatable bonds is 5. The summed E-state index contributed by atoms with van der Waals surface area (Å²) in [5, 5.41) is 0. The molecule has 7 atom stereocenters. The first-order valence-corrected chi connectivity index (χ1v) is 18.8. The van der Waals surface area contributed by atoms with E-state index in [0.29, 0.717) is 35.0 Å². The van der Waals surface area contributed by atoms with Crippen molar-refractivity contribution in [1.82, 2.24) is 0 Å². The van der Waals surface area contributed by atoms with Crippen molar-refractivity contribution >= 4 is 0 Å². The van der Waals surface area contributed by atoms with Gasteiger partial charge in [0.05, 0.1) is 0 Å². The number of benzene rings is 2. The lowest BCUT2D eigenvalue weighted by molar-refractivity contribution is -0.0494. The Balaban J connectivity index is 0.000000207. The molecule has 0 saturated heterocycles. The number of hydrogen-bond donors (Lipinski definition) is 1.